The Labute approximate surface area is 266 Å². The molecule has 0 aromatic heterocycles. The number of ether oxygens (including phenoxy) is 8. The zero-order valence-electron chi connectivity index (χ0n) is 25.0. The van der Waals surface area contributed by atoms with Gasteiger partial charge in [0.15, 0.2) is 24.8 Å². The van der Waals surface area contributed by atoms with Gasteiger partial charge in [0, 0.05) is 6.92 Å². The van der Waals surface area contributed by atoms with E-state index in [-0.39, 0.29) is 5.90 Å². The second kappa shape index (κ2) is 15.3. The molecule has 5 aliphatic rings. The van der Waals surface area contributed by atoms with Crippen molar-refractivity contribution in [3.05, 3.63) is 0 Å². The zero-order valence-corrected chi connectivity index (χ0v) is 25.0. The Hall–Kier alpha value is -1.29. The van der Waals surface area contributed by atoms with Gasteiger partial charge in [0.05, 0.1) is 26.4 Å². The Morgan fingerprint density at radius 3 is 1.64 bits per heavy atom. The van der Waals surface area contributed by atoms with Crippen LogP contribution in [0.1, 0.15) is 6.92 Å². The lowest BCUT2D eigenvalue weighted by Crippen LogP contribution is -2.66. The molecule has 21 nitrogen and oxygen atoms in total. The molecule has 4 saturated heterocycles. The van der Waals surface area contributed by atoms with Gasteiger partial charge in [-0.05, 0) is 0 Å². The van der Waals surface area contributed by atoms with Crippen molar-refractivity contribution in [2.24, 2.45) is 4.99 Å². The lowest BCUT2D eigenvalue weighted by Gasteiger charge is -2.48. The molecule has 0 bridgehead atoms. The maximum atomic E-state index is 11.3. The van der Waals surface area contributed by atoms with Crippen molar-refractivity contribution in [2.75, 3.05) is 26.4 Å². The quantitative estimate of drug-likeness (QED) is 0.101. The molecule has 0 radical (unpaired) electrons. The number of aliphatic imine (C=N–C) groups is 1. The fraction of sp³-hybridized carbons (Fsp3) is 0.962. The summed E-state index contributed by atoms with van der Waals surface area (Å²) in [7, 11) is 0. The van der Waals surface area contributed by atoms with Crippen molar-refractivity contribution in [1.29, 1.82) is 0 Å². The first-order valence-corrected chi connectivity index (χ1v) is 15.0. The first kappa shape index (κ1) is 37.0. The number of aliphatic hydroxyl groups excluding tert-OH is 12. The summed E-state index contributed by atoms with van der Waals surface area (Å²) in [4.78, 5) is 4.16. The Bertz CT molecular complexity index is 1050. The molecule has 0 spiro atoms. The van der Waals surface area contributed by atoms with E-state index in [9.17, 15) is 61.3 Å². The molecular weight excluding hydrogens is 646 g/mol. The summed E-state index contributed by atoms with van der Waals surface area (Å²) in [6.45, 7) is -1.41. The van der Waals surface area contributed by atoms with Gasteiger partial charge < -0.3 is 99.2 Å². The molecule has 5 aliphatic heterocycles. The molecule has 272 valence electrons. The molecule has 12 N–H and O–H groups in total. The van der Waals surface area contributed by atoms with Crippen molar-refractivity contribution in [2.45, 2.75) is 130 Å². The Morgan fingerprint density at radius 2 is 1.04 bits per heavy atom. The topological polar surface area (TPSA) is 329 Å². The second-order valence-corrected chi connectivity index (χ2v) is 11.9. The van der Waals surface area contributed by atoms with Gasteiger partial charge in [0.25, 0.3) is 0 Å². The van der Waals surface area contributed by atoms with Gasteiger partial charge in [-0.3, -0.25) is 0 Å². The molecule has 0 aromatic rings. The summed E-state index contributed by atoms with van der Waals surface area (Å²) in [6, 6.07) is -0.986. The third kappa shape index (κ3) is 7.30. The molecule has 0 amide bonds. The van der Waals surface area contributed by atoms with E-state index >= 15 is 0 Å². The van der Waals surface area contributed by atoms with Gasteiger partial charge >= 0.3 is 0 Å². The second-order valence-electron chi connectivity index (χ2n) is 11.9. The van der Waals surface area contributed by atoms with Crippen molar-refractivity contribution < 1.29 is 99.2 Å². The van der Waals surface area contributed by atoms with E-state index in [0.717, 1.165) is 0 Å². The van der Waals surface area contributed by atoms with Crippen LogP contribution in [0, 0.1) is 0 Å². The summed E-state index contributed by atoms with van der Waals surface area (Å²) in [5.41, 5.74) is 0. The van der Waals surface area contributed by atoms with Crippen molar-refractivity contribution in [3.63, 3.8) is 0 Å². The molecule has 4 fully saturated rings. The van der Waals surface area contributed by atoms with Gasteiger partial charge in [0.1, 0.15) is 97.6 Å². The molecule has 5 heterocycles. The van der Waals surface area contributed by atoms with Crippen LogP contribution in [0.4, 0.5) is 0 Å². The largest absolute Gasteiger partial charge is 0.450 e. The van der Waals surface area contributed by atoms with Crippen LogP contribution >= 0.6 is 0 Å². The van der Waals surface area contributed by atoms with Crippen LogP contribution in [-0.2, 0) is 37.9 Å². The highest BCUT2D eigenvalue weighted by Crippen LogP contribution is 2.35. The van der Waals surface area contributed by atoms with Crippen molar-refractivity contribution in [3.8, 4) is 0 Å². The van der Waals surface area contributed by atoms with Crippen molar-refractivity contribution in [1.82, 2.24) is 0 Å². The Morgan fingerprint density at radius 1 is 0.532 bits per heavy atom. The summed E-state index contributed by atoms with van der Waals surface area (Å²) in [6.07, 6.45) is -31.3. The molecule has 12 unspecified atom stereocenters. The highest BCUT2D eigenvalue weighted by atomic mass is 16.8. The number of hydrogen-bond acceptors (Lipinski definition) is 21. The van der Waals surface area contributed by atoms with Gasteiger partial charge in [-0.1, -0.05) is 0 Å². The molecule has 0 saturated carbocycles. The lowest BCUT2D eigenvalue weighted by atomic mass is 9.95. The first-order chi connectivity index (χ1) is 22.3. The van der Waals surface area contributed by atoms with E-state index < -0.39 is 149 Å². The first-order valence-electron chi connectivity index (χ1n) is 15.0. The van der Waals surface area contributed by atoms with E-state index in [2.05, 4.69) is 4.99 Å². The van der Waals surface area contributed by atoms with Gasteiger partial charge in [-0.25, -0.2) is 4.99 Å². The fourth-order valence-electron chi connectivity index (χ4n) is 6.06. The molecule has 0 aromatic carbocycles. The standard InChI is InChI=1S/C26H43NO20/c1-6-27-11-15(34)21(9(4-30)44-23(11)41-6)46-26-20(39)22(47-25-19(38)17(36)13(32)8(3-29)43-25)14(33)10(45-26)5-40-24-18(37)16(35)12(31)7(2-28)42-24/h7-26,28-39H,2-5H2,1H3/t7?,8?,9?,10?,11?,12-,13-,14-,15?,16?,17?,18?,19?,20?,21-,22?,23-,24+,25-,26+/m1/s1. The Balaban J connectivity index is 1.37. The van der Waals surface area contributed by atoms with Crippen LogP contribution in [0.25, 0.3) is 0 Å². The van der Waals surface area contributed by atoms with Crippen LogP contribution in [-0.4, -0.2) is 216 Å². The van der Waals surface area contributed by atoms with Gasteiger partial charge in [-0.2, -0.15) is 0 Å². The van der Waals surface area contributed by atoms with Gasteiger partial charge in [-0.15, -0.1) is 0 Å². The van der Waals surface area contributed by atoms with Gasteiger partial charge in [0.2, 0.25) is 6.29 Å². The van der Waals surface area contributed by atoms with Crippen molar-refractivity contribution >= 4 is 5.90 Å². The Kier molecular flexibility index (Phi) is 12.0. The van der Waals surface area contributed by atoms with E-state index in [0.29, 0.717) is 0 Å². The summed E-state index contributed by atoms with van der Waals surface area (Å²) >= 11 is 0. The minimum atomic E-state index is -1.96. The van der Waals surface area contributed by atoms with E-state index in [1.165, 1.54) is 6.92 Å². The molecular formula is C26H43NO20. The fourth-order valence-corrected chi connectivity index (χ4v) is 6.06. The maximum Gasteiger partial charge on any atom is 0.227 e. The SMILES string of the molecule is CC1=NC2C(O)[C@H](O[C@@H]3OC(CO[C@H]4OC(CO)[C@@H](O)C(O)C4O)[C@@H](O)C(O[C@H]4OC(CO)[C@@H](O)C(O)C4O)C3O)C(CO)O[C@H]2O1. The average molecular weight is 690 g/mol. The summed E-state index contributed by atoms with van der Waals surface area (Å²) in [5.74, 6) is 0.201. The third-order valence-electron chi connectivity index (χ3n) is 8.78. The number of nitrogens with zero attached hydrogens (tertiary/aromatic N) is 1. The molecule has 5 rings (SSSR count). The smallest absolute Gasteiger partial charge is 0.227 e. The molecule has 20 atom stereocenters. The number of fused-ring (bicyclic) bond motifs is 1. The minimum absolute atomic E-state index is 0.201. The molecule has 47 heavy (non-hydrogen) atoms. The molecule has 21 heteroatoms. The third-order valence-corrected chi connectivity index (χ3v) is 8.78. The molecule has 0 aliphatic carbocycles. The monoisotopic (exact) mass is 689 g/mol. The highest BCUT2D eigenvalue weighted by molar-refractivity contribution is 5.75. The predicted octanol–water partition coefficient (Wildman–Crippen LogP) is -8.28. The normalized spacial score (nSPS) is 52.1. The summed E-state index contributed by atoms with van der Waals surface area (Å²) in [5, 5.41) is 124. The minimum Gasteiger partial charge on any atom is -0.450 e. The van der Waals surface area contributed by atoms with Crippen LogP contribution in [0.2, 0.25) is 0 Å². The highest BCUT2D eigenvalue weighted by Gasteiger charge is 2.55. The van der Waals surface area contributed by atoms with Crippen LogP contribution in [0.15, 0.2) is 4.99 Å². The van der Waals surface area contributed by atoms with Crippen LogP contribution in [0.5, 0.6) is 0 Å². The lowest BCUT2D eigenvalue weighted by molar-refractivity contribution is -0.378. The number of hydrogen-bond donors (Lipinski definition) is 12. The van der Waals surface area contributed by atoms with E-state index in [1.54, 1.807) is 0 Å². The van der Waals surface area contributed by atoms with Crippen LogP contribution in [0.3, 0.4) is 0 Å². The van der Waals surface area contributed by atoms with E-state index in [4.69, 9.17) is 37.9 Å². The van der Waals surface area contributed by atoms with E-state index in [1.807, 2.05) is 0 Å². The zero-order chi connectivity index (χ0) is 34.3. The summed E-state index contributed by atoms with van der Waals surface area (Å²) < 4.78 is 44.6. The predicted molar refractivity (Wildman–Crippen MR) is 144 cm³/mol. The maximum absolute atomic E-state index is 11.3. The number of rotatable bonds is 10. The average Bonchev–Trinajstić information content (AvgIpc) is 3.44. The van der Waals surface area contributed by atoms with Crippen LogP contribution < -0.4 is 0 Å². The number of aliphatic hydroxyl groups is 12.